The molecule has 4 rings (SSSR count). The van der Waals surface area contributed by atoms with Crippen LogP contribution in [0.2, 0.25) is 0 Å². The van der Waals surface area contributed by atoms with Crippen LogP contribution in [-0.2, 0) is 11.3 Å². The van der Waals surface area contributed by atoms with Gasteiger partial charge in [0.15, 0.2) is 0 Å². The van der Waals surface area contributed by atoms with E-state index in [0.29, 0.717) is 24.9 Å². The molecule has 1 aromatic carbocycles. The van der Waals surface area contributed by atoms with Crippen molar-refractivity contribution in [3.05, 3.63) is 66.5 Å². The van der Waals surface area contributed by atoms with Crippen molar-refractivity contribution in [1.82, 2.24) is 14.9 Å². The van der Waals surface area contributed by atoms with Crippen LogP contribution in [0.25, 0.3) is 0 Å². The molecule has 1 aromatic heterocycles. The fourth-order valence-electron chi connectivity index (χ4n) is 4.17. The van der Waals surface area contributed by atoms with Crippen LogP contribution < -0.4 is 4.90 Å². The first-order valence-electron chi connectivity index (χ1n) is 9.81. The Morgan fingerprint density at radius 1 is 0.963 bits per heavy atom. The molecular formula is C22H26N4O. The van der Waals surface area contributed by atoms with E-state index in [9.17, 15) is 4.79 Å². The summed E-state index contributed by atoms with van der Waals surface area (Å²) in [6, 6.07) is 12.1. The Kier molecular flexibility index (Phi) is 5.47. The second-order valence-corrected chi connectivity index (χ2v) is 7.39. The van der Waals surface area contributed by atoms with Crippen molar-refractivity contribution < 1.29 is 4.79 Å². The number of carbonyl (C=O) groups is 1. The number of hydrogen-bond acceptors (Lipinski definition) is 4. The molecule has 140 valence electrons. The molecule has 0 saturated carbocycles. The van der Waals surface area contributed by atoms with Crippen molar-refractivity contribution in [3.8, 4) is 0 Å². The number of anilines is 1. The highest BCUT2D eigenvalue weighted by Gasteiger charge is 2.34. The van der Waals surface area contributed by atoms with Crippen LogP contribution in [0.15, 0.2) is 60.9 Å². The molecule has 27 heavy (non-hydrogen) atoms. The quantitative estimate of drug-likeness (QED) is 0.783. The van der Waals surface area contributed by atoms with E-state index in [-0.39, 0.29) is 5.92 Å². The van der Waals surface area contributed by atoms with Crippen molar-refractivity contribution in [1.29, 1.82) is 0 Å². The van der Waals surface area contributed by atoms with Crippen LogP contribution in [-0.4, -0.2) is 40.4 Å². The van der Waals surface area contributed by atoms with E-state index in [1.54, 1.807) is 12.4 Å². The summed E-state index contributed by atoms with van der Waals surface area (Å²) >= 11 is 0. The lowest BCUT2D eigenvalue weighted by Crippen LogP contribution is -2.42. The van der Waals surface area contributed by atoms with E-state index in [2.05, 4.69) is 39.2 Å². The molecule has 5 heteroatoms. The Balaban J connectivity index is 1.40. The first kappa shape index (κ1) is 17.7. The summed E-state index contributed by atoms with van der Waals surface area (Å²) in [6.45, 7) is 3.24. The topological polar surface area (TPSA) is 49.3 Å². The Bertz CT molecular complexity index is 769. The summed E-state index contributed by atoms with van der Waals surface area (Å²) in [5, 5.41) is 0. The number of piperidine rings is 1. The van der Waals surface area contributed by atoms with Gasteiger partial charge in [-0.25, -0.2) is 9.97 Å². The molecule has 2 aliphatic heterocycles. The van der Waals surface area contributed by atoms with Gasteiger partial charge >= 0.3 is 0 Å². The summed E-state index contributed by atoms with van der Waals surface area (Å²) in [7, 11) is 0. The number of carbonyl (C=O) groups excluding carboxylic acids is 1. The summed E-state index contributed by atoms with van der Waals surface area (Å²) < 4.78 is 0. The van der Waals surface area contributed by atoms with Crippen molar-refractivity contribution in [3.63, 3.8) is 0 Å². The molecule has 0 radical (unpaired) electrons. The van der Waals surface area contributed by atoms with Gasteiger partial charge in [0, 0.05) is 44.5 Å². The van der Waals surface area contributed by atoms with E-state index in [0.717, 1.165) is 38.3 Å². The molecule has 2 aliphatic rings. The van der Waals surface area contributed by atoms with E-state index in [4.69, 9.17) is 0 Å². The molecule has 0 bridgehead atoms. The first-order chi connectivity index (χ1) is 13.3. The number of nitrogens with zero attached hydrogens (tertiary/aromatic N) is 4. The molecule has 0 N–H and O–H groups in total. The van der Waals surface area contributed by atoms with E-state index >= 15 is 0 Å². The third kappa shape index (κ3) is 4.18. The second kappa shape index (κ2) is 8.33. The van der Waals surface area contributed by atoms with Gasteiger partial charge in [-0.1, -0.05) is 42.5 Å². The molecule has 1 atom stereocenters. The fraction of sp³-hybridized carbons (Fsp3) is 0.409. The van der Waals surface area contributed by atoms with Crippen molar-refractivity contribution in [2.45, 2.75) is 25.8 Å². The number of rotatable bonds is 4. The molecule has 1 fully saturated rings. The van der Waals surface area contributed by atoms with Gasteiger partial charge in [0.25, 0.3) is 0 Å². The molecule has 3 heterocycles. The number of amides is 1. The Morgan fingerprint density at radius 3 is 2.44 bits per heavy atom. The minimum atomic E-state index is 0.0892. The molecular weight excluding hydrogens is 336 g/mol. The van der Waals surface area contributed by atoms with Crippen LogP contribution in [0.4, 0.5) is 5.95 Å². The molecule has 1 saturated heterocycles. The number of benzene rings is 1. The van der Waals surface area contributed by atoms with Gasteiger partial charge in [0.2, 0.25) is 11.9 Å². The van der Waals surface area contributed by atoms with Gasteiger partial charge in [-0.05, 0) is 36.8 Å². The number of allylic oxidation sites excluding steroid dienone is 1. The monoisotopic (exact) mass is 362 g/mol. The van der Waals surface area contributed by atoms with Crippen molar-refractivity contribution >= 4 is 11.9 Å². The summed E-state index contributed by atoms with van der Waals surface area (Å²) in [5.41, 5.74) is 1.19. The zero-order valence-corrected chi connectivity index (χ0v) is 15.6. The van der Waals surface area contributed by atoms with Crippen LogP contribution in [0, 0.1) is 11.8 Å². The lowest BCUT2D eigenvalue weighted by Gasteiger charge is -2.36. The van der Waals surface area contributed by atoms with Gasteiger partial charge in [-0.2, -0.15) is 0 Å². The maximum Gasteiger partial charge on any atom is 0.226 e. The minimum absolute atomic E-state index is 0.0892. The average molecular weight is 362 g/mol. The zero-order chi connectivity index (χ0) is 18.5. The van der Waals surface area contributed by atoms with Gasteiger partial charge in [0.1, 0.15) is 0 Å². The Labute approximate surface area is 160 Å². The molecule has 5 nitrogen and oxygen atoms in total. The third-order valence-corrected chi connectivity index (χ3v) is 5.67. The van der Waals surface area contributed by atoms with Crippen LogP contribution in [0.3, 0.4) is 0 Å². The maximum atomic E-state index is 13.2. The molecule has 2 aromatic rings. The standard InChI is InChI=1S/C22H26N4O/c27-21-20(9-4-5-14-26(21)17-18-7-2-1-3-8-18)19-10-15-25(16-11-19)22-23-12-6-13-24-22/h1-8,12-13,19-20H,9-11,14-17H2/t20-/m0/s1. The normalized spacial score (nSPS) is 21.3. The van der Waals surface area contributed by atoms with Crippen molar-refractivity contribution in [2.75, 3.05) is 24.5 Å². The van der Waals surface area contributed by atoms with Gasteiger partial charge in [-0.3, -0.25) is 4.79 Å². The van der Waals surface area contributed by atoms with Crippen LogP contribution in [0.1, 0.15) is 24.8 Å². The smallest absolute Gasteiger partial charge is 0.226 e. The highest BCUT2D eigenvalue weighted by Crippen LogP contribution is 2.31. The van der Waals surface area contributed by atoms with Crippen molar-refractivity contribution in [2.24, 2.45) is 11.8 Å². The van der Waals surface area contributed by atoms with Crippen LogP contribution in [0.5, 0.6) is 0 Å². The van der Waals surface area contributed by atoms with E-state index in [1.165, 1.54) is 5.56 Å². The molecule has 0 unspecified atom stereocenters. The maximum absolute atomic E-state index is 13.2. The Hall–Kier alpha value is -2.69. The predicted molar refractivity (Wildman–Crippen MR) is 106 cm³/mol. The van der Waals surface area contributed by atoms with Gasteiger partial charge in [0.05, 0.1) is 0 Å². The highest BCUT2D eigenvalue weighted by molar-refractivity contribution is 5.80. The second-order valence-electron chi connectivity index (χ2n) is 7.39. The predicted octanol–water partition coefficient (Wildman–Crippen LogP) is 3.30. The third-order valence-electron chi connectivity index (χ3n) is 5.67. The molecule has 0 spiro atoms. The Morgan fingerprint density at radius 2 is 1.70 bits per heavy atom. The van der Waals surface area contributed by atoms with E-state index < -0.39 is 0 Å². The lowest BCUT2D eigenvalue weighted by molar-refractivity contribution is -0.137. The minimum Gasteiger partial charge on any atom is -0.341 e. The average Bonchev–Trinajstić information content (AvgIpc) is 2.91. The van der Waals surface area contributed by atoms with Crippen LogP contribution >= 0.6 is 0 Å². The first-order valence-corrected chi connectivity index (χ1v) is 9.81. The number of hydrogen-bond donors (Lipinski definition) is 0. The van der Waals surface area contributed by atoms with Gasteiger partial charge in [-0.15, -0.1) is 0 Å². The number of aromatic nitrogens is 2. The zero-order valence-electron chi connectivity index (χ0n) is 15.6. The van der Waals surface area contributed by atoms with E-state index in [1.807, 2.05) is 29.2 Å². The SMILES string of the molecule is O=C1[C@H](C2CCN(c3ncccn3)CC2)CC=CCN1Cc1ccccc1. The lowest BCUT2D eigenvalue weighted by atomic mass is 9.81. The summed E-state index contributed by atoms with van der Waals surface area (Å²) in [5.74, 6) is 1.62. The highest BCUT2D eigenvalue weighted by atomic mass is 16.2. The molecule has 0 aliphatic carbocycles. The molecule has 1 amide bonds. The summed E-state index contributed by atoms with van der Waals surface area (Å²) in [4.78, 5) is 26.2. The fourth-order valence-corrected chi connectivity index (χ4v) is 4.17. The van der Waals surface area contributed by atoms with Gasteiger partial charge < -0.3 is 9.80 Å². The largest absolute Gasteiger partial charge is 0.341 e. The summed E-state index contributed by atoms with van der Waals surface area (Å²) in [6.07, 6.45) is 10.8.